The van der Waals surface area contributed by atoms with Gasteiger partial charge in [-0.2, -0.15) is 0 Å². The van der Waals surface area contributed by atoms with Crippen LogP contribution >= 0.6 is 0 Å². The summed E-state index contributed by atoms with van der Waals surface area (Å²) in [5.74, 6) is 1.42. The summed E-state index contributed by atoms with van der Waals surface area (Å²) in [4.78, 5) is 27.4. The molecule has 1 amide bonds. The van der Waals surface area contributed by atoms with Crippen LogP contribution in [-0.4, -0.2) is 47.5 Å². The maximum atomic E-state index is 12.9. The first-order valence-corrected chi connectivity index (χ1v) is 10.5. The molecule has 1 aliphatic heterocycles. The van der Waals surface area contributed by atoms with Gasteiger partial charge in [0, 0.05) is 25.3 Å². The predicted molar refractivity (Wildman–Crippen MR) is 120 cm³/mol. The van der Waals surface area contributed by atoms with Crippen LogP contribution in [0.1, 0.15) is 23.0 Å². The van der Waals surface area contributed by atoms with Crippen LogP contribution in [0.3, 0.4) is 0 Å². The zero-order valence-corrected chi connectivity index (χ0v) is 18.1. The van der Waals surface area contributed by atoms with Gasteiger partial charge in [-0.15, -0.1) is 10.2 Å². The molecule has 3 aromatic rings. The normalized spacial score (nSPS) is 12.4. The molecule has 0 atom stereocenters. The van der Waals surface area contributed by atoms with Crippen molar-refractivity contribution >= 4 is 17.5 Å². The van der Waals surface area contributed by atoms with Gasteiger partial charge in [0.05, 0.1) is 13.7 Å². The second-order valence-corrected chi connectivity index (χ2v) is 7.20. The number of nitrogens with zero attached hydrogens (tertiary/aromatic N) is 4. The third-order valence-corrected chi connectivity index (χ3v) is 5.26. The van der Waals surface area contributed by atoms with Gasteiger partial charge in [0.25, 0.3) is 11.5 Å². The number of methoxy groups -OCH3 is 1. The highest BCUT2D eigenvalue weighted by Gasteiger charge is 2.27. The SMILES string of the molecule is CCOc1ccc(N2CCn3c2nnc(C(=O)NCCc2ccccc2OC)c3=O)cc1. The average Bonchev–Trinajstić information content (AvgIpc) is 3.25. The Morgan fingerprint density at radius 2 is 1.88 bits per heavy atom. The van der Waals surface area contributed by atoms with Gasteiger partial charge in [0.2, 0.25) is 11.6 Å². The van der Waals surface area contributed by atoms with Gasteiger partial charge in [0.1, 0.15) is 11.5 Å². The molecule has 0 aliphatic carbocycles. The van der Waals surface area contributed by atoms with Gasteiger partial charge in [-0.25, -0.2) is 0 Å². The first kappa shape index (κ1) is 21.4. The van der Waals surface area contributed by atoms with Crippen molar-refractivity contribution in [2.45, 2.75) is 19.9 Å². The number of aromatic nitrogens is 3. The number of anilines is 2. The number of benzene rings is 2. The number of hydrogen-bond acceptors (Lipinski definition) is 7. The lowest BCUT2D eigenvalue weighted by atomic mass is 10.1. The number of hydrogen-bond donors (Lipinski definition) is 1. The highest BCUT2D eigenvalue weighted by atomic mass is 16.5. The van der Waals surface area contributed by atoms with Crippen LogP contribution in [0.15, 0.2) is 53.3 Å². The molecule has 2 heterocycles. The number of rotatable bonds is 8. The van der Waals surface area contributed by atoms with Crippen LogP contribution < -0.4 is 25.2 Å². The van der Waals surface area contributed by atoms with Crippen LogP contribution in [0.5, 0.6) is 11.5 Å². The van der Waals surface area contributed by atoms with E-state index in [-0.39, 0.29) is 5.69 Å². The number of carbonyl (C=O) groups is 1. The van der Waals surface area contributed by atoms with Gasteiger partial charge in [-0.1, -0.05) is 18.2 Å². The third kappa shape index (κ3) is 4.27. The van der Waals surface area contributed by atoms with Crippen molar-refractivity contribution in [3.63, 3.8) is 0 Å². The molecule has 9 nitrogen and oxygen atoms in total. The summed E-state index contributed by atoms with van der Waals surface area (Å²) in [6.07, 6.45) is 0.570. The van der Waals surface area contributed by atoms with Crippen LogP contribution in [0.25, 0.3) is 0 Å². The number of fused-ring (bicyclic) bond motifs is 1. The first-order valence-electron chi connectivity index (χ1n) is 10.5. The summed E-state index contributed by atoms with van der Waals surface area (Å²) in [5, 5.41) is 10.9. The molecule has 0 saturated carbocycles. The van der Waals surface area contributed by atoms with Crippen molar-refractivity contribution in [2.24, 2.45) is 0 Å². The third-order valence-electron chi connectivity index (χ3n) is 5.26. The number of para-hydroxylation sites is 1. The molecule has 32 heavy (non-hydrogen) atoms. The number of amides is 1. The Hall–Kier alpha value is -3.88. The number of nitrogens with one attached hydrogen (secondary N) is 1. The van der Waals surface area contributed by atoms with E-state index in [2.05, 4.69) is 15.5 Å². The molecule has 0 unspecified atom stereocenters. The Labute approximate surface area is 185 Å². The lowest BCUT2D eigenvalue weighted by Crippen LogP contribution is -2.35. The Bertz CT molecular complexity index is 1160. The zero-order chi connectivity index (χ0) is 22.5. The van der Waals surface area contributed by atoms with Gasteiger partial charge in [0.15, 0.2) is 0 Å². The second kappa shape index (κ2) is 9.51. The minimum atomic E-state index is -0.535. The van der Waals surface area contributed by atoms with Gasteiger partial charge in [-0.05, 0) is 49.2 Å². The lowest BCUT2D eigenvalue weighted by molar-refractivity contribution is 0.0945. The lowest BCUT2D eigenvalue weighted by Gasteiger charge is -2.17. The van der Waals surface area contributed by atoms with Crippen LogP contribution in [0, 0.1) is 0 Å². The number of ether oxygens (including phenoxy) is 2. The molecule has 0 spiro atoms. The Morgan fingerprint density at radius 1 is 1.09 bits per heavy atom. The fraction of sp³-hybridized carbons (Fsp3) is 0.304. The Balaban J connectivity index is 1.45. The zero-order valence-electron chi connectivity index (χ0n) is 18.1. The monoisotopic (exact) mass is 435 g/mol. The van der Waals surface area contributed by atoms with Crippen molar-refractivity contribution in [3.8, 4) is 11.5 Å². The Kier molecular flexibility index (Phi) is 6.34. The molecule has 0 bridgehead atoms. The molecule has 1 aliphatic rings. The summed E-state index contributed by atoms with van der Waals surface area (Å²) in [6, 6.07) is 15.2. The number of carbonyl (C=O) groups excluding carboxylic acids is 1. The van der Waals surface area contributed by atoms with Gasteiger partial charge >= 0.3 is 0 Å². The van der Waals surface area contributed by atoms with E-state index < -0.39 is 11.5 Å². The Morgan fingerprint density at radius 3 is 2.62 bits per heavy atom. The van der Waals surface area contributed by atoms with Crippen molar-refractivity contribution < 1.29 is 14.3 Å². The summed E-state index contributed by atoms with van der Waals surface area (Å²) >= 11 is 0. The topological polar surface area (TPSA) is 98.6 Å². The van der Waals surface area contributed by atoms with E-state index in [0.29, 0.717) is 38.6 Å². The fourth-order valence-electron chi connectivity index (χ4n) is 3.69. The average molecular weight is 435 g/mol. The molecule has 1 N–H and O–H groups in total. The first-order chi connectivity index (χ1) is 15.6. The van der Waals surface area contributed by atoms with E-state index in [1.54, 1.807) is 7.11 Å². The van der Waals surface area contributed by atoms with E-state index in [1.165, 1.54) is 4.57 Å². The van der Waals surface area contributed by atoms with E-state index >= 15 is 0 Å². The molecule has 0 radical (unpaired) electrons. The van der Waals surface area contributed by atoms with E-state index in [1.807, 2.05) is 60.4 Å². The second-order valence-electron chi connectivity index (χ2n) is 7.20. The molecule has 0 fully saturated rings. The van der Waals surface area contributed by atoms with Crippen molar-refractivity contribution in [1.82, 2.24) is 20.1 Å². The van der Waals surface area contributed by atoms with E-state index in [9.17, 15) is 9.59 Å². The molecular weight excluding hydrogens is 410 g/mol. The largest absolute Gasteiger partial charge is 0.496 e. The predicted octanol–water partition coefficient (Wildman–Crippen LogP) is 2.17. The highest BCUT2D eigenvalue weighted by Crippen LogP contribution is 2.28. The molecule has 1 aromatic heterocycles. The minimum absolute atomic E-state index is 0.206. The summed E-state index contributed by atoms with van der Waals surface area (Å²) < 4.78 is 12.3. The minimum Gasteiger partial charge on any atom is -0.496 e. The fourth-order valence-corrected chi connectivity index (χ4v) is 3.69. The van der Waals surface area contributed by atoms with Crippen molar-refractivity contribution in [3.05, 3.63) is 70.1 Å². The van der Waals surface area contributed by atoms with Crippen LogP contribution in [0.2, 0.25) is 0 Å². The molecular formula is C23H25N5O4. The maximum absolute atomic E-state index is 12.9. The standard InChI is InChI=1S/C23H25N5O4/c1-3-32-18-10-8-17(9-11-18)27-14-15-28-22(30)20(25-26-23(27)28)21(29)24-13-12-16-6-4-5-7-19(16)31-2/h4-11H,3,12-15H2,1-2H3,(H,24,29). The summed E-state index contributed by atoms with van der Waals surface area (Å²) in [6.45, 7) is 3.87. The van der Waals surface area contributed by atoms with Crippen LogP contribution in [0.4, 0.5) is 11.6 Å². The van der Waals surface area contributed by atoms with Crippen LogP contribution in [-0.2, 0) is 13.0 Å². The quantitative estimate of drug-likeness (QED) is 0.579. The maximum Gasteiger partial charge on any atom is 0.286 e. The highest BCUT2D eigenvalue weighted by molar-refractivity contribution is 5.91. The molecule has 4 rings (SSSR count). The van der Waals surface area contributed by atoms with E-state index in [4.69, 9.17) is 9.47 Å². The molecule has 9 heteroatoms. The van der Waals surface area contributed by atoms with E-state index in [0.717, 1.165) is 22.7 Å². The molecule has 166 valence electrons. The van der Waals surface area contributed by atoms with Gasteiger partial charge < -0.3 is 19.7 Å². The molecule has 2 aromatic carbocycles. The smallest absolute Gasteiger partial charge is 0.286 e. The van der Waals surface area contributed by atoms with Crippen molar-refractivity contribution in [1.29, 1.82) is 0 Å². The molecule has 0 saturated heterocycles. The summed E-state index contributed by atoms with van der Waals surface area (Å²) in [5.41, 5.74) is 1.20. The van der Waals surface area contributed by atoms with Crippen molar-refractivity contribution in [2.75, 3.05) is 31.7 Å². The summed E-state index contributed by atoms with van der Waals surface area (Å²) in [7, 11) is 1.61. The van der Waals surface area contributed by atoms with Gasteiger partial charge in [-0.3, -0.25) is 14.2 Å².